The maximum absolute atomic E-state index is 13.4. The van der Waals surface area contributed by atoms with E-state index in [9.17, 15) is 15.1 Å². The van der Waals surface area contributed by atoms with E-state index in [1.165, 1.54) is 14.2 Å². The number of hydrogen-bond donors (Lipinski definition) is 1. The lowest BCUT2D eigenvalue weighted by molar-refractivity contribution is -0.603. The van der Waals surface area contributed by atoms with Gasteiger partial charge in [-0.25, -0.2) is 9.30 Å². The van der Waals surface area contributed by atoms with Crippen molar-refractivity contribution in [3.63, 3.8) is 0 Å². The summed E-state index contributed by atoms with van der Waals surface area (Å²) in [7, 11) is 4.84. The van der Waals surface area contributed by atoms with Gasteiger partial charge < -0.3 is 19.8 Å². The lowest BCUT2D eigenvalue weighted by Gasteiger charge is -2.17. The Labute approximate surface area is 175 Å². The van der Waals surface area contributed by atoms with Crippen molar-refractivity contribution in [2.24, 2.45) is 7.05 Å². The van der Waals surface area contributed by atoms with Crippen LogP contribution in [0.5, 0.6) is 11.5 Å². The van der Waals surface area contributed by atoms with Gasteiger partial charge in [-0.05, 0) is 24.6 Å². The molecule has 0 aliphatic heterocycles. The molecule has 0 aliphatic carbocycles. The number of aliphatic carboxylic acids is 1. The van der Waals surface area contributed by atoms with Gasteiger partial charge >= 0.3 is 5.97 Å². The first-order valence-electron chi connectivity index (χ1n) is 9.58. The van der Waals surface area contributed by atoms with Crippen LogP contribution in [0.2, 0.25) is 0 Å². The Morgan fingerprint density at radius 1 is 1.10 bits per heavy atom. The highest BCUT2D eigenvalue weighted by molar-refractivity contribution is 5.69. The van der Waals surface area contributed by atoms with Crippen molar-refractivity contribution in [1.82, 2.24) is 4.57 Å². The molecule has 1 unspecified atom stereocenters. The molecule has 1 N–H and O–H groups in total. The molecule has 1 aromatic heterocycles. The molecule has 0 bridgehead atoms. The first-order valence-corrected chi connectivity index (χ1v) is 9.58. The minimum absolute atomic E-state index is 0.234. The van der Waals surface area contributed by atoms with Gasteiger partial charge in [0.1, 0.15) is 5.69 Å². The maximum atomic E-state index is 13.4. The van der Waals surface area contributed by atoms with Crippen LogP contribution in [0.3, 0.4) is 0 Å². The molecule has 30 heavy (non-hydrogen) atoms. The molecule has 0 aliphatic rings. The van der Waals surface area contributed by atoms with Crippen molar-refractivity contribution >= 4 is 5.97 Å². The predicted octanol–water partition coefficient (Wildman–Crippen LogP) is 3.57. The van der Waals surface area contributed by atoms with Crippen LogP contribution in [0, 0.1) is 19.1 Å². The fourth-order valence-electron chi connectivity index (χ4n) is 3.74. The second-order valence-corrected chi connectivity index (χ2v) is 7.28. The normalized spacial score (nSPS) is 11.9. The summed E-state index contributed by atoms with van der Waals surface area (Å²) in [4.78, 5) is 11.7. The average molecular weight is 410 g/mol. The molecule has 0 saturated carbocycles. The molecule has 7 nitrogen and oxygen atoms in total. The molecular weight excluding hydrogens is 384 g/mol. The molecule has 158 valence electrons. The number of aromatic nitrogens is 2. The van der Waals surface area contributed by atoms with Crippen molar-refractivity contribution in [2.75, 3.05) is 14.2 Å². The fourth-order valence-corrected chi connectivity index (χ4v) is 3.74. The number of hydrogen-bond acceptors (Lipinski definition) is 4. The highest BCUT2D eigenvalue weighted by Gasteiger charge is 2.33. The van der Waals surface area contributed by atoms with Crippen molar-refractivity contribution in [1.29, 1.82) is 0 Å². The van der Waals surface area contributed by atoms with Crippen LogP contribution in [-0.2, 0) is 11.8 Å². The van der Waals surface area contributed by atoms with E-state index in [0.29, 0.717) is 28.6 Å². The van der Waals surface area contributed by atoms with Crippen LogP contribution in [-0.4, -0.2) is 29.9 Å². The van der Waals surface area contributed by atoms with E-state index in [1.807, 2.05) is 38.1 Å². The summed E-state index contributed by atoms with van der Waals surface area (Å²) >= 11 is 0. The third-order valence-electron chi connectivity index (χ3n) is 5.43. The minimum atomic E-state index is -0.995. The predicted molar refractivity (Wildman–Crippen MR) is 113 cm³/mol. The summed E-state index contributed by atoms with van der Waals surface area (Å²) in [5, 5.41) is 23.0. The summed E-state index contributed by atoms with van der Waals surface area (Å²) < 4.78 is 13.3. The maximum Gasteiger partial charge on any atom is 0.304 e. The zero-order valence-corrected chi connectivity index (χ0v) is 17.8. The summed E-state index contributed by atoms with van der Waals surface area (Å²) in [6.07, 6.45) is -0.234. The first-order chi connectivity index (χ1) is 14.3. The number of benzene rings is 2. The topological polar surface area (TPSA) is 87.6 Å². The Hall–Kier alpha value is -3.48. The summed E-state index contributed by atoms with van der Waals surface area (Å²) in [6, 6.07) is 12.9. The van der Waals surface area contributed by atoms with Gasteiger partial charge in [-0.3, -0.25) is 4.79 Å². The molecule has 0 fully saturated rings. The number of methoxy groups -OCH3 is 2. The summed E-state index contributed by atoms with van der Waals surface area (Å²) in [5.41, 5.74) is 3.83. The Bertz CT molecular complexity index is 1070. The first kappa shape index (κ1) is 21.2. The molecule has 1 heterocycles. The number of imidazole rings is 1. The number of nitrogens with zero attached hydrogens (tertiary/aromatic N) is 2. The van der Waals surface area contributed by atoms with E-state index in [0.717, 1.165) is 21.6 Å². The number of carboxylic acid groups (broad SMARTS) is 1. The van der Waals surface area contributed by atoms with Crippen LogP contribution in [0.25, 0.3) is 11.3 Å². The SMILES string of the molecule is COc1ccc(C(CC(=O)O)c2n(C)c(C)c(-c3ccc(C)cc3)[n+]2[O-])cc1OC. The molecular formula is C23H26N2O5. The smallest absolute Gasteiger partial charge is 0.304 e. The lowest BCUT2D eigenvalue weighted by Crippen LogP contribution is -2.35. The summed E-state index contributed by atoms with van der Waals surface area (Å²) in [5.74, 6) is -0.285. The Morgan fingerprint density at radius 3 is 2.30 bits per heavy atom. The number of carboxylic acids is 1. The van der Waals surface area contributed by atoms with E-state index in [1.54, 1.807) is 29.8 Å². The van der Waals surface area contributed by atoms with Crippen LogP contribution in [0.1, 0.15) is 35.0 Å². The van der Waals surface area contributed by atoms with E-state index in [2.05, 4.69) is 0 Å². The molecule has 0 amide bonds. The summed E-state index contributed by atoms with van der Waals surface area (Å²) in [6.45, 7) is 3.85. The van der Waals surface area contributed by atoms with Gasteiger partial charge in [0.05, 0.1) is 33.6 Å². The van der Waals surface area contributed by atoms with Gasteiger partial charge in [0.2, 0.25) is 0 Å². The zero-order valence-electron chi connectivity index (χ0n) is 17.8. The van der Waals surface area contributed by atoms with Crippen LogP contribution < -0.4 is 14.2 Å². The van der Waals surface area contributed by atoms with E-state index < -0.39 is 11.9 Å². The molecule has 2 aromatic carbocycles. The molecule has 3 rings (SSSR count). The van der Waals surface area contributed by atoms with Crippen molar-refractivity contribution in [3.8, 4) is 22.8 Å². The highest BCUT2D eigenvalue weighted by atomic mass is 16.5. The lowest BCUT2D eigenvalue weighted by atomic mass is 9.94. The van der Waals surface area contributed by atoms with E-state index in [-0.39, 0.29) is 6.42 Å². The van der Waals surface area contributed by atoms with Gasteiger partial charge in [0.15, 0.2) is 17.2 Å². The van der Waals surface area contributed by atoms with Crippen LogP contribution in [0.15, 0.2) is 42.5 Å². The second-order valence-electron chi connectivity index (χ2n) is 7.28. The molecule has 0 radical (unpaired) electrons. The van der Waals surface area contributed by atoms with Gasteiger partial charge in [-0.2, -0.15) is 0 Å². The van der Waals surface area contributed by atoms with Crippen molar-refractivity contribution < 1.29 is 24.1 Å². The minimum Gasteiger partial charge on any atom is -0.710 e. The van der Waals surface area contributed by atoms with Crippen LogP contribution in [0.4, 0.5) is 0 Å². The van der Waals surface area contributed by atoms with Gasteiger partial charge in [0, 0.05) is 12.5 Å². The number of aryl methyl sites for hydroxylation is 1. The number of rotatable bonds is 7. The quantitative estimate of drug-likeness (QED) is 0.475. The largest absolute Gasteiger partial charge is 0.710 e. The molecule has 0 spiro atoms. The van der Waals surface area contributed by atoms with E-state index >= 15 is 0 Å². The van der Waals surface area contributed by atoms with E-state index in [4.69, 9.17) is 9.47 Å². The Kier molecular flexibility index (Phi) is 6.01. The number of ether oxygens (including phenoxy) is 2. The average Bonchev–Trinajstić information content (AvgIpc) is 2.95. The molecule has 7 heteroatoms. The van der Waals surface area contributed by atoms with Gasteiger partial charge in [-0.15, -0.1) is 0 Å². The van der Waals surface area contributed by atoms with Gasteiger partial charge in [0.25, 0.3) is 5.82 Å². The third-order valence-corrected chi connectivity index (χ3v) is 5.43. The monoisotopic (exact) mass is 410 g/mol. The standard InChI is InChI=1S/C23H26N2O5/c1-14-6-8-16(9-7-14)22-15(2)24(3)23(25(22)28)18(13-21(26)27)17-10-11-19(29-4)20(12-17)30-5/h6-12,18H,13H2,1-5H3,(H,26,27). The second kappa shape index (κ2) is 8.49. The Morgan fingerprint density at radius 2 is 1.73 bits per heavy atom. The highest BCUT2D eigenvalue weighted by Crippen LogP contribution is 2.35. The Balaban J connectivity index is 2.19. The van der Waals surface area contributed by atoms with Gasteiger partial charge in [-0.1, -0.05) is 35.9 Å². The zero-order chi connectivity index (χ0) is 22.0. The van der Waals surface area contributed by atoms with Crippen molar-refractivity contribution in [2.45, 2.75) is 26.2 Å². The molecule has 3 aromatic rings. The number of carbonyl (C=O) groups is 1. The van der Waals surface area contributed by atoms with Crippen molar-refractivity contribution in [3.05, 3.63) is 70.3 Å². The third kappa shape index (κ3) is 3.83. The molecule has 0 saturated heterocycles. The molecule has 1 atom stereocenters. The van der Waals surface area contributed by atoms with Crippen LogP contribution >= 0.6 is 0 Å². The fraction of sp³-hybridized carbons (Fsp3) is 0.304.